The highest BCUT2D eigenvalue weighted by Crippen LogP contribution is 2.37. The Kier molecular flexibility index (Phi) is 4.94. The van der Waals surface area contributed by atoms with Crippen LogP contribution in [0.5, 0.6) is 0 Å². The minimum absolute atomic E-state index is 0.111. The number of aryl methyl sites for hydroxylation is 1. The van der Waals surface area contributed by atoms with Crippen LogP contribution < -0.4 is 4.72 Å². The summed E-state index contributed by atoms with van der Waals surface area (Å²) in [5.41, 5.74) is 0.111. The standard InChI is InChI=1S/C11H7BrCl3NO2S2/c1-5-9(4-10(12)19-5)20(17,18)16-11-7(14)2-6(13)3-8(11)15/h2-4,16H,1H3. The summed E-state index contributed by atoms with van der Waals surface area (Å²) < 4.78 is 27.8. The van der Waals surface area contributed by atoms with Crippen LogP contribution in [0.15, 0.2) is 26.9 Å². The molecule has 0 amide bonds. The highest BCUT2D eigenvalue weighted by Gasteiger charge is 2.22. The maximum atomic E-state index is 12.3. The molecule has 0 aliphatic rings. The minimum Gasteiger partial charge on any atom is -0.277 e. The van der Waals surface area contributed by atoms with Crippen LogP contribution in [0.1, 0.15) is 4.88 Å². The molecule has 0 aliphatic heterocycles. The Labute approximate surface area is 144 Å². The summed E-state index contributed by atoms with van der Waals surface area (Å²) in [4.78, 5) is 0.835. The van der Waals surface area contributed by atoms with Crippen molar-refractivity contribution in [2.24, 2.45) is 0 Å². The van der Waals surface area contributed by atoms with Gasteiger partial charge < -0.3 is 0 Å². The number of benzene rings is 1. The van der Waals surface area contributed by atoms with Gasteiger partial charge in [-0.05, 0) is 41.1 Å². The number of nitrogens with one attached hydrogen (secondary N) is 1. The van der Waals surface area contributed by atoms with E-state index >= 15 is 0 Å². The third-order valence-electron chi connectivity index (χ3n) is 2.37. The molecule has 0 saturated carbocycles. The van der Waals surface area contributed by atoms with Crippen molar-refractivity contribution >= 4 is 77.8 Å². The summed E-state index contributed by atoms with van der Waals surface area (Å²) in [5.74, 6) is 0. The van der Waals surface area contributed by atoms with Crippen LogP contribution in [0.3, 0.4) is 0 Å². The SMILES string of the molecule is Cc1sc(Br)cc1S(=O)(=O)Nc1c(Cl)cc(Cl)cc1Cl. The van der Waals surface area contributed by atoms with E-state index in [0.29, 0.717) is 9.90 Å². The van der Waals surface area contributed by atoms with Gasteiger partial charge in [0.05, 0.1) is 19.5 Å². The van der Waals surface area contributed by atoms with Gasteiger partial charge in [-0.25, -0.2) is 8.42 Å². The van der Waals surface area contributed by atoms with Crippen LogP contribution in [0.25, 0.3) is 0 Å². The molecule has 1 aromatic carbocycles. The fourth-order valence-corrected chi connectivity index (χ4v) is 6.07. The molecule has 1 heterocycles. The molecule has 0 unspecified atom stereocenters. The first-order valence-electron chi connectivity index (χ1n) is 5.14. The van der Waals surface area contributed by atoms with Crippen LogP contribution in [0, 0.1) is 6.92 Å². The normalized spacial score (nSPS) is 11.7. The van der Waals surface area contributed by atoms with Crippen LogP contribution in [-0.4, -0.2) is 8.42 Å². The van der Waals surface area contributed by atoms with E-state index < -0.39 is 10.0 Å². The summed E-state index contributed by atoms with van der Waals surface area (Å²) >= 11 is 22.3. The molecule has 3 nitrogen and oxygen atoms in total. The van der Waals surface area contributed by atoms with Gasteiger partial charge in [-0.2, -0.15) is 0 Å². The first-order valence-corrected chi connectivity index (χ1v) is 9.36. The summed E-state index contributed by atoms with van der Waals surface area (Å²) in [5, 5.41) is 0.605. The Hall–Kier alpha value is 0.0200. The monoisotopic (exact) mass is 433 g/mol. The Bertz CT molecular complexity index is 751. The lowest BCUT2D eigenvalue weighted by Crippen LogP contribution is -2.13. The molecule has 1 aromatic heterocycles. The molecule has 0 atom stereocenters. The quantitative estimate of drug-likeness (QED) is 0.684. The van der Waals surface area contributed by atoms with E-state index in [2.05, 4.69) is 20.7 Å². The van der Waals surface area contributed by atoms with Crippen molar-refractivity contribution in [1.29, 1.82) is 0 Å². The molecule has 9 heteroatoms. The predicted octanol–water partition coefficient (Wildman–Crippen LogP) is 5.58. The zero-order chi connectivity index (χ0) is 15.1. The van der Waals surface area contributed by atoms with Crippen molar-refractivity contribution < 1.29 is 8.42 Å². The van der Waals surface area contributed by atoms with Gasteiger partial charge >= 0.3 is 0 Å². The topological polar surface area (TPSA) is 46.2 Å². The fourth-order valence-electron chi connectivity index (χ4n) is 1.53. The van der Waals surface area contributed by atoms with Gasteiger partial charge in [-0.3, -0.25) is 4.72 Å². The molecule has 1 N–H and O–H groups in total. The Morgan fingerprint density at radius 2 is 1.70 bits per heavy atom. The van der Waals surface area contributed by atoms with Gasteiger partial charge in [0.1, 0.15) is 4.90 Å². The van der Waals surface area contributed by atoms with E-state index in [0.717, 1.165) is 3.79 Å². The van der Waals surface area contributed by atoms with E-state index in [1.165, 1.54) is 29.5 Å². The summed E-state index contributed by atoms with van der Waals surface area (Å²) in [6.07, 6.45) is 0. The van der Waals surface area contributed by atoms with Gasteiger partial charge in [0.15, 0.2) is 0 Å². The van der Waals surface area contributed by atoms with Crippen molar-refractivity contribution in [1.82, 2.24) is 0 Å². The lowest BCUT2D eigenvalue weighted by Gasteiger charge is -2.11. The maximum absolute atomic E-state index is 12.3. The second-order valence-corrected chi connectivity index (χ2v) is 9.36. The van der Waals surface area contributed by atoms with Gasteiger partial charge in [-0.15, -0.1) is 11.3 Å². The average Bonchev–Trinajstić information content (AvgIpc) is 2.64. The van der Waals surface area contributed by atoms with Crippen LogP contribution in [0.4, 0.5) is 5.69 Å². The Morgan fingerprint density at radius 1 is 1.15 bits per heavy atom. The largest absolute Gasteiger partial charge is 0.277 e. The Morgan fingerprint density at radius 3 is 2.15 bits per heavy atom. The third kappa shape index (κ3) is 3.43. The van der Waals surface area contributed by atoms with E-state index in [1.807, 2.05) is 0 Å². The predicted molar refractivity (Wildman–Crippen MR) is 89.0 cm³/mol. The van der Waals surface area contributed by atoms with Crippen molar-refractivity contribution in [3.8, 4) is 0 Å². The number of hydrogen-bond acceptors (Lipinski definition) is 3. The lowest BCUT2D eigenvalue weighted by atomic mass is 10.3. The number of anilines is 1. The molecule has 2 rings (SSSR count). The lowest BCUT2D eigenvalue weighted by molar-refractivity contribution is 0.601. The number of hydrogen-bond donors (Lipinski definition) is 1. The molecule has 0 fully saturated rings. The second kappa shape index (κ2) is 6.02. The van der Waals surface area contributed by atoms with Crippen LogP contribution >= 0.6 is 62.1 Å². The number of thiophene rings is 1. The highest BCUT2D eigenvalue weighted by molar-refractivity contribution is 9.11. The summed E-state index contributed by atoms with van der Waals surface area (Å²) in [6, 6.07) is 4.37. The molecule has 0 saturated heterocycles. The zero-order valence-corrected chi connectivity index (χ0v) is 15.4. The molecular formula is C11H7BrCl3NO2S2. The molecule has 0 aliphatic carbocycles. The molecular weight excluding hydrogens is 429 g/mol. The van der Waals surface area contributed by atoms with E-state index in [1.54, 1.807) is 6.92 Å². The molecule has 108 valence electrons. The molecule has 0 radical (unpaired) electrons. The van der Waals surface area contributed by atoms with Crippen molar-refractivity contribution in [3.63, 3.8) is 0 Å². The van der Waals surface area contributed by atoms with Crippen LogP contribution in [0.2, 0.25) is 15.1 Å². The van der Waals surface area contributed by atoms with E-state index in [-0.39, 0.29) is 20.6 Å². The van der Waals surface area contributed by atoms with Crippen molar-refractivity contribution in [2.45, 2.75) is 11.8 Å². The summed E-state index contributed by atoms with van der Waals surface area (Å²) in [6.45, 7) is 1.72. The number of sulfonamides is 1. The zero-order valence-electron chi connectivity index (χ0n) is 9.88. The second-order valence-electron chi connectivity index (χ2n) is 3.82. The third-order valence-corrected chi connectivity index (χ3v) is 6.35. The van der Waals surface area contributed by atoms with Gasteiger partial charge in [0.2, 0.25) is 0 Å². The van der Waals surface area contributed by atoms with Crippen molar-refractivity contribution in [2.75, 3.05) is 4.72 Å². The van der Waals surface area contributed by atoms with Gasteiger partial charge in [0.25, 0.3) is 10.0 Å². The highest BCUT2D eigenvalue weighted by atomic mass is 79.9. The molecule has 2 aromatic rings. The van der Waals surface area contributed by atoms with E-state index in [9.17, 15) is 8.42 Å². The smallest absolute Gasteiger partial charge is 0.263 e. The Balaban J connectivity index is 2.46. The minimum atomic E-state index is -3.76. The molecule has 0 spiro atoms. The van der Waals surface area contributed by atoms with E-state index in [4.69, 9.17) is 34.8 Å². The first-order chi connectivity index (χ1) is 9.20. The maximum Gasteiger partial charge on any atom is 0.263 e. The van der Waals surface area contributed by atoms with Crippen LogP contribution in [-0.2, 0) is 10.0 Å². The number of rotatable bonds is 3. The average molecular weight is 436 g/mol. The van der Waals surface area contributed by atoms with Gasteiger partial charge in [-0.1, -0.05) is 34.8 Å². The number of halogens is 4. The molecule has 0 bridgehead atoms. The van der Waals surface area contributed by atoms with Crippen molar-refractivity contribution in [3.05, 3.63) is 41.9 Å². The van der Waals surface area contributed by atoms with Gasteiger partial charge in [0, 0.05) is 9.90 Å². The molecule has 20 heavy (non-hydrogen) atoms. The fraction of sp³-hybridized carbons (Fsp3) is 0.0909. The summed E-state index contributed by atoms with van der Waals surface area (Å²) in [7, 11) is -3.76. The first kappa shape index (κ1) is 16.4.